The molecule has 7 heteroatoms. The number of hydrogen-bond acceptors (Lipinski definition) is 6. The number of carbonyl (C=O) groups is 1. The average Bonchev–Trinajstić information content (AvgIpc) is 2.69. The first-order valence-electron chi connectivity index (χ1n) is 9.88. The number of carbonyl (C=O) groups excluding carboxylic acids is 1. The highest BCUT2D eigenvalue weighted by molar-refractivity contribution is 6.03. The Labute approximate surface area is 167 Å². The topological polar surface area (TPSA) is 73.4 Å². The molecular formula is C21H30N6O. The Morgan fingerprint density at radius 3 is 2.39 bits per heavy atom. The van der Waals surface area contributed by atoms with Crippen LogP contribution in [0.5, 0.6) is 0 Å². The molecule has 150 valence electrons. The van der Waals surface area contributed by atoms with Gasteiger partial charge in [0.25, 0.3) is 5.91 Å². The second-order valence-electron chi connectivity index (χ2n) is 7.70. The maximum Gasteiger partial charge on any atom is 0.258 e. The standard InChI is InChI=1S/C21H30N6O/c1-16-8-11-27(12-9-16)19-6-4-18(5-7-19)25-20(28)17-14-23-21(24-15-17)22-10-13-26(2)3/h4-7,14-16H,8-13H2,1-3H3,(H,25,28)(H,22,23,24). The molecule has 0 bridgehead atoms. The molecule has 2 N–H and O–H groups in total. The van der Waals surface area contributed by atoms with Crippen LogP contribution in [0.25, 0.3) is 0 Å². The summed E-state index contributed by atoms with van der Waals surface area (Å²) in [7, 11) is 4.02. The lowest BCUT2D eigenvalue weighted by atomic mass is 9.99. The van der Waals surface area contributed by atoms with Gasteiger partial charge in [0, 0.05) is 49.9 Å². The second-order valence-corrected chi connectivity index (χ2v) is 7.70. The van der Waals surface area contributed by atoms with Gasteiger partial charge in [-0.05, 0) is 57.1 Å². The van der Waals surface area contributed by atoms with E-state index in [4.69, 9.17) is 0 Å². The lowest BCUT2D eigenvalue weighted by Crippen LogP contribution is -2.32. The van der Waals surface area contributed by atoms with Crippen molar-refractivity contribution in [1.29, 1.82) is 0 Å². The number of hydrogen-bond donors (Lipinski definition) is 2. The average molecular weight is 383 g/mol. The van der Waals surface area contributed by atoms with Crippen LogP contribution in [-0.2, 0) is 0 Å². The minimum atomic E-state index is -0.209. The van der Waals surface area contributed by atoms with E-state index in [1.807, 2.05) is 26.2 Å². The van der Waals surface area contributed by atoms with Crippen LogP contribution in [0.1, 0.15) is 30.1 Å². The van der Waals surface area contributed by atoms with Crippen molar-refractivity contribution in [2.75, 3.05) is 55.8 Å². The van der Waals surface area contributed by atoms with Crippen molar-refractivity contribution >= 4 is 23.2 Å². The van der Waals surface area contributed by atoms with Gasteiger partial charge >= 0.3 is 0 Å². The summed E-state index contributed by atoms with van der Waals surface area (Å²) in [6.07, 6.45) is 5.56. The van der Waals surface area contributed by atoms with Crippen molar-refractivity contribution in [1.82, 2.24) is 14.9 Å². The Morgan fingerprint density at radius 2 is 1.79 bits per heavy atom. The lowest BCUT2D eigenvalue weighted by Gasteiger charge is -2.32. The van der Waals surface area contributed by atoms with Crippen LogP contribution in [-0.4, -0.2) is 61.0 Å². The van der Waals surface area contributed by atoms with Gasteiger partial charge < -0.3 is 20.4 Å². The monoisotopic (exact) mass is 382 g/mol. The fourth-order valence-electron chi connectivity index (χ4n) is 3.15. The molecule has 0 atom stereocenters. The van der Waals surface area contributed by atoms with Crippen molar-refractivity contribution in [3.63, 3.8) is 0 Å². The molecule has 1 aromatic heterocycles. The van der Waals surface area contributed by atoms with E-state index in [0.717, 1.165) is 37.8 Å². The third kappa shape index (κ3) is 5.66. The Balaban J connectivity index is 1.52. The molecule has 3 rings (SSSR count). The zero-order valence-corrected chi connectivity index (χ0v) is 17.0. The number of amides is 1. The predicted octanol–water partition coefficient (Wildman–Crippen LogP) is 2.94. The van der Waals surface area contributed by atoms with E-state index >= 15 is 0 Å². The van der Waals surface area contributed by atoms with Gasteiger partial charge in [-0.25, -0.2) is 9.97 Å². The van der Waals surface area contributed by atoms with Gasteiger partial charge in [-0.1, -0.05) is 6.92 Å². The Morgan fingerprint density at radius 1 is 1.14 bits per heavy atom. The summed E-state index contributed by atoms with van der Waals surface area (Å²) in [5.74, 6) is 1.13. The molecule has 0 spiro atoms. The van der Waals surface area contributed by atoms with Gasteiger partial charge in [0.15, 0.2) is 0 Å². The van der Waals surface area contributed by atoms with Crippen LogP contribution >= 0.6 is 0 Å². The van der Waals surface area contributed by atoms with E-state index < -0.39 is 0 Å². The minimum Gasteiger partial charge on any atom is -0.372 e. The SMILES string of the molecule is CC1CCN(c2ccc(NC(=O)c3cnc(NCCN(C)C)nc3)cc2)CC1. The van der Waals surface area contributed by atoms with E-state index in [-0.39, 0.29) is 5.91 Å². The molecule has 1 fully saturated rings. The van der Waals surface area contributed by atoms with E-state index in [1.54, 1.807) is 12.4 Å². The minimum absolute atomic E-state index is 0.209. The molecule has 0 aliphatic carbocycles. The highest BCUT2D eigenvalue weighted by atomic mass is 16.1. The third-order valence-electron chi connectivity index (χ3n) is 5.03. The first-order valence-corrected chi connectivity index (χ1v) is 9.88. The number of nitrogens with one attached hydrogen (secondary N) is 2. The van der Waals surface area contributed by atoms with E-state index in [0.29, 0.717) is 11.5 Å². The predicted molar refractivity (Wildman–Crippen MR) is 114 cm³/mol. The maximum atomic E-state index is 12.4. The zero-order valence-electron chi connectivity index (χ0n) is 17.0. The molecule has 1 saturated heterocycles. The van der Waals surface area contributed by atoms with Crippen LogP contribution in [0.15, 0.2) is 36.7 Å². The number of benzene rings is 1. The Bertz CT molecular complexity index is 751. The highest BCUT2D eigenvalue weighted by Gasteiger charge is 2.16. The summed E-state index contributed by atoms with van der Waals surface area (Å²) in [4.78, 5) is 25.3. The van der Waals surface area contributed by atoms with E-state index in [9.17, 15) is 4.79 Å². The summed E-state index contributed by atoms with van der Waals surface area (Å²) in [5, 5.41) is 6.04. The molecule has 0 radical (unpaired) electrons. The van der Waals surface area contributed by atoms with Crippen molar-refractivity contribution in [3.05, 3.63) is 42.2 Å². The number of piperidine rings is 1. The summed E-state index contributed by atoms with van der Waals surface area (Å²) in [6.45, 7) is 6.14. The lowest BCUT2D eigenvalue weighted by molar-refractivity contribution is 0.102. The fraction of sp³-hybridized carbons (Fsp3) is 0.476. The maximum absolute atomic E-state index is 12.4. The summed E-state index contributed by atoms with van der Waals surface area (Å²) < 4.78 is 0. The van der Waals surface area contributed by atoms with Crippen molar-refractivity contribution in [2.24, 2.45) is 5.92 Å². The summed E-state index contributed by atoms with van der Waals surface area (Å²) in [5.41, 5.74) is 2.42. The third-order valence-corrected chi connectivity index (χ3v) is 5.03. The Hall–Kier alpha value is -2.67. The van der Waals surface area contributed by atoms with Crippen LogP contribution in [0.2, 0.25) is 0 Å². The van der Waals surface area contributed by atoms with Crippen LogP contribution in [0, 0.1) is 5.92 Å². The molecule has 2 aromatic rings. The van der Waals surface area contributed by atoms with Gasteiger partial charge in [0.1, 0.15) is 0 Å². The Kier molecular flexibility index (Phi) is 6.81. The van der Waals surface area contributed by atoms with Gasteiger partial charge in [0.05, 0.1) is 5.56 Å². The first-order chi connectivity index (χ1) is 13.5. The van der Waals surface area contributed by atoms with Crippen molar-refractivity contribution in [2.45, 2.75) is 19.8 Å². The molecule has 1 aliphatic rings. The summed E-state index contributed by atoms with van der Waals surface area (Å²) in [6, 6.07) is 8.03. The van der Waals surface area contributed by atoms with Crippen LogP contribution in [0.3, 0.4) is 0 Å². The van der Waals surface area contributed by atoms with Gasteiger partial charge in [-0.2, -0.15) is 0 Å². The molecule has 0 unspecified atom stereocenters. The van der Waals surface area contributed by atoms with Gasteiger partial charge in [-0.3, -0.25) is 4.79 Å². The number of nitrogens with zero attached hydrogens (tertiary/aromatic N) is 4. The number of rotatable bonds is 7. The quantitative estimate of drug-likeness (QED) is 0.767. The molecule has 1 amide bonds. The molecule has 0 saturated carbocycles. The van der Waals surface area contributed by atoms with E-state index in [1.165, 1.54) is 18.5 Å². The smallest absolute Gasteiger partial charge is 0.258 e. The van der Waals surface area contributed by atoms with Crippen LogP contribution in [0.4, 0.5) is 17.3 Å². The highest BCUT2D eigenvalue weighted by Crippen LogP contribution is 2.24. The van der Waals surface area contributed by atoms with Crippen LogP contribution < -0.4 is 15.5 Å². The number of likely N-dealkylation sites (N-methyl/N-ethyl adjacent to an activating group) is 1. The largest absolute Gasteiger partial charge is 0.372 e. The molecule has 1 aromatic carbocycles. The van der Waals surface area contributed by atoms with Gasteiger partial charge in [-0.15, -0.1) is 0 Å². The number of anilines is 3. The molecular weight excluding hydrogens is 352 g/mol. The first kappa shape index (κ1) is 20.1. The fourth-order valence-corrected chi connectivity index (χ4v) is 3.15. The van der Waals surface area contributed by atoms with Gasteiger partial charge in [0.2, 0.25) is 5.95 Å². The zero-order chi connectivity index (χ0) is 19.9. The second kappa shape index (κ2) is 9.50. The molecule has 1 aliphatic heterocycles. The number of aromatic nitrogens is 2. The normalized spacial score (nSPS) is 14.9. The molecule has 28 heavy (non-hydrogen) atoms. The van der Waals surface area contributed by atoms with Crippen molar-refractivity contribution < 1.29 is 4.79 Å². The summed E-state index contributed by atoms with van der Waals surface area (Å²) >= 11 is 0. The molecule has 2 heterocycles. The van der Waals surface area contributed by atoms with Crippen molar-refractivity contribution in [3.8, 4) is 0 Å². The van der Waals surface area contributed by atoms with E-state index in [2.05, 4.69) is 49.5 Å². The molecule has 7 nitrogen and oxygen atoms in total.